The lowest BCUT2D eigenvalue weighted by Crippen LogP contribution is -2.68. The molecule has 9 nitrogen and oxygen atoms in total. The fraction of sp³-hybridized carbons (Fsp3) is 0.950. The molecule has 6 atom stereocenters. The van der Waals surface area contributed by atoms with Crippen molar-refractivity contribution in [2.24, 2.45) is 11.8 Å². The first-order valence-electron chi connectivity index (χ1n) is 10.8. The minimum atomic E-state index is -4.00. The van der Waals surface area contributed by atoms with Gasteiger partial charge in [-0.15, -0.1) is 0 Å². The maximum atomic E-state index is 12.7. The van der Waals surface area contributed by atoms with Gasteiger partial charge >= 0.3 is 24.8 Å². The Morgan fingerprint density at radius 2 is 1.68 bits per heavy atom. The van der Waals surface area contributed by atoms with Gasteiger partial charge in [-0.25, -0.2) is 0 Å². The van der Waals surface area contributed by atoms with Gasteiger partial charge in [-0.3, -0.25) is 8.98 Å². The van der Waals surface area contributed by atoms with Gasteiger partial charge in [0.2, 0.25) is 0 Å². The molecule has 0 spiro atoms. The predicted octanol–water partition coefficient (Wildman–Crippen LogP) is 2.21. The summed E-state index contributed by atoms with van der Waals surface area (Å²) < 4.78 is 56.6. The molecule has 2 saturated heterocycles. The SMILES string of the molecule is CCOC(=O)[C@@H]1C2OC3CO[Si](C(C)(C)C)(C(C)(C)C)OC3[C@H](OS(=O)(=O)N(C)C)C21. The molecule has 0 aromatic rings. The summed E-state index contributed by atoms with van der Waals surface area (Å²) in [5.74, 6) is -1.42. The van der Waals surface area contributed by atoms with Crippen LogP contribution < -0.4 is 0 Å². The van der Waals surface area contributed by atoms with E-state index in [2.05, 4.69) is 41.5 Å². The van der Waals surface area contributed by atoms with Crippen molar-refractivity contribution in [3.05, 3.63) is 0 Å². The van der Waals surface area contributed by atoms with Crippen LogP contribution in [-0.2, 0) is 37.6 Å². The molecule has 0 radical (unpaired) electrons. The lowest BCUT2D eigenvalue weighted by molar-refractivity contribution is -0.173. The summed E-state index contributed by atoms with van der Waals surface area (Å²) in [6.45, 7) is 14.8. The molecule has 1 aliphatic carbocycles. The van der Waals surface area contributed by atoms with Crippen LogP contribution in [0.4, 0.5) is 0 Å². The zero-order valence-corrected chi connectivity index (χ0v) is 21.8. The average Bonchev–Trinajstić information content (AvgIpc) is 3.33. The maximum Gasteiger partial charge on any atom is 0.349 e. The van der Waals surface area contributed by atoms with Gasteiger partial charge in [0.05, 0.1) is 25.2 Å². The van der Waals surface area contributed by atoms with Gasteiger partial charge in [-0.2, -0.15) is 12.7 Å². The number of carbonyl (C=O) groups is 1. The van der Waals surface area contributed by atoms with Gasteiger partial charge in [0.1, 0.15) is 18.3 Å². The highest BCUT2D eigenvalue weighted by molar-refractivity contribution is 7.84. The number of rotatable bonds is 5. The molecule has 0 aromatic heterocycles. The molecular weight excluding hydrogens is 442 g/mol. The van der Waals surface area contributed by atoms with Gasteiger partial charge in [0, 0.05) is 30.1 Å². The lowest BCUT2D eigenvalue weighted by atomic mass is 10.0. The van der Waals surface area contributed by atoms with Crippen molar-refractivity contribution in [2.45, 2.75) is 83.0 Å². The van der Waals surface area contributed by atoms with Crippen LogP contribution in [0.5, 0.6) is 0 Å². The maximum absolute atomic E-state index is 12.7. The van der Waals surface area contributed by atoms with Crippen LogP contribution in [-0.4, -0.2) is 79.0 Å². The third kappa shape index (κ3) is 4.22. The van der Waals surface area contributed by atoms with Crippen molar-refractivity contribution >= 4 is 24.8 Å². The normalized spacial score (nSPS) is 35.3. The number of carbonyl (C=O) groups excluding carboxylic acids is 1. The quantitative estimate of drug-likeness (QED) is 0.437. The molecule has 31 heavy (non-hydrogen) atoms. The van der Waals surface area contributed by atoms with Crippen molar-refractivity contribution in [3.8, 4) is 0 Å². The van der Waals surface area contributed by atoms with Crippen molar-refractivity contribution in [1.29, 1.82) is 0 Å². The first kappa shape index (κ1) is 25.1. The van der Waals surface area contributed by atoms with Gasteiger partial charge < -0.3 is 18.3 Å². The van der Waals surface area contributed by atoms with Gasteiger partial charge in [-0.1, -0.05) is 41.5 Å². The summed E-state index contributed by atoms with van der Waals surface area (Å²) >= 11 is 0. The Morgan fingerprint density at radius 3 is 2.16 bits per heavy atom. The molecular formula is C20H37NO8SSi. The van der Waals surface area contributed by atoms with Crippen LogP contribution in [0.25, 0.3) is 0 Å². The van der Waals surface area contributed by atoms with Crippen LogP contribution in [0.15, 0.2) is 0 Å². The highest BCUT2D eigenvalue weighted by Crippen LogP contribution is 2.59. The zero-order chi connectivity index (χ0) is 23.6. The average molecular weight is 480 g/mol. The van der Waals surface area contributed by atoms with E-state index in [1.807, 2.05) is 0 Å². The van der Waals surface area contributed by atoms with Crippen LogP contribution >= 0.6 is 0 Å². The Morgan fingerprint density at radius 1 is 1.10 bits per heavy atom. The largest absolute Gasteiger partial charge is 0.466 e. The third-order valence-corrected chi connectivity index (χ3v) is 12.9. The van der Waals surface area contributed by atoms with E-state index in [9.17, 15) is 13.2 Å². The van der Waals surface area contributed by atoms with Crippen LogP contribution in [0, 0.1) is 11.8 Å². The highest BCUT2D eigenvalue weighted by Gasteiger charge is 2.72. The molecule has 180 valence electrons. The Balaban J connectivity index is 1.99. The molecule has 2 heterocycles. The van der Waals surface area contributed by atoms with Crippen molar-refractivity contribution in [3.63, 3.8) is 0 Å². The minimum Gasteiger partial charge on any atom is -0.466 e. The second-order valence-electron chi connectivity index (χ2n) is 10.8. The molecule has 3 fully saturated rings. The predicted molar refractivity (Wildman–Crippen MR) is 116 cm³/mol. The number of hydrogen-bond acceptors (Lipinski definition) is 8. The van der Waals surface area contributed by atoms with Gasteiger partial charge in [-0.05, 0) is 6.92 Å². The lowest BCUT2D eigenvalue weighted by Gasteiger charge is -2.56. The third-order valence-electron chi connectivity index (χ3n) is 6.37. The summed E-state index contributed by atoms with van der Waals surface area (Å²) in [5, 5.41) is -0.579. The fourth-order valence-electron chi connectivity index (χ4n) is 5.07. The van der Waals surface area contributed by atoms with Crippen LogP contribution in [0.3, 0.4) is 0 Å². The smallest absolute Gasteiger partial charge is 0.349 e. The first-order valence-corrected chi connectivity index (χ1v) is 14.0. The van der Waals surface area contributed by atoms with Crippen molar-refractivity contribution < 1.29 is 35.7 Å². The number of ether oxygens (including phenoxy) is 2. The molecule has 3 aliphatic rings. The monoisotopic (exact) mass is 479 g/mol. The second-order valence-corrected chi connectivity index (χ2v) is 17.3. The summed E-state index contributed by atoms with van der Waals surface area (Å²) in [6.07, 6.45) is -2.50. The van der Waals surface area contributed by atoms with Crippen LogP contribution in [0.2, 0.25) is 10.1 Å². The standard InChI is InChI=1S/C20H37NO8SSi/c1-10-25-18(22)14-13-16(14)27-12-11-26-31(19(2,3)4,20(5,6)7)29-15(12)17(13)28-30(23,24)21(8)9/h12-17H,10-11H2,1-9H3/t12?,13?,14-,15?,16?,17+/m0/s1. The number of esters is 1. The van der Waals surface area contributed by atoms with E-state index in [4.69, 9.17) is 22.5 Å². The van der Waals surface area contributed by atoms with E-state index in [1.165, 1.54) is 14.1 Å². The van der Waals surface area contributed by atoms with E-state index in [-0.39, 0.29) is 23.3 Å². The summed E-state index contributed by atoms with van der Waals surface area (Å²) in [6, 6.07) is 0. The minimum absolute atomic E-state index is 0.243. The molecule has 4 unspecified atom stereocenters. The summed E-state index contributed by atoms with van der Waals surface area (Å²) in [7, 11) is -4.08. The molecule has 0 amide bonds. The highest BCUT2D eigenvalue weighted by atomic mass is 32.2. The van der Waals surface area contributed by atoms with E-state index >= 15 is 0 Å². The van der Waals surface area contributed by atoms with E-state index in [0.29, 0.717) is 0 Å². The summed E-state index contributed by atoms with van der Waals surface area (Å²) in [5.41, 5.74) is 0. The molecule has 0 aromatic carbocycles. The topological polar surface area (TPSA) is 101 Å². The van der Waals surface area contributed by atoms with Crippen molar-refractivity contribution in [2.75, 3.05) is 27.3 Å². The molecule has 0 bridgehead atoms. The van der Waals surface area contributed by atoms with E-state index < -0.39 is 61.1 Å². The fourth-order valence-corrected chi connectivity index (χ4v) is 10.7. The Kier molecular flexibility index (Phi) is 6.50. The molecule has 0 N–H and O–H groups in total. The Labute approximate surface area is 187 Å². The number of fused-ring (bicyclic) bond motifs is 2. The Bertz CT molecular complexity index is 789. The van der Waals surface area contributed by atoms with E-state index in [1.54, 1.807) is 6.92 Å². The first-order chi connectivity index (χ1) is 14.1. The number of hydrogen-bond donors (Lipinski definition) is 0. The second kappa shape index (κ2) is 8.03. The molecule has 2 aliphatic heterocycles. The molecule has 11 heteroatoms. The van der Waals surface area contributed by atoms with Gasteiger partial charge in [0.15, 0.2) is 0 Å². The molecule has 3 rings (SSSR count). The van der Waals surface area contributed by atoms with Gasteiger partial charge in [0.25, 0.3) is 0 Å². The van der Waals surface area contributed by atoms with E-state index in [0.717, 1.165) is 4.31 Å². The van der Waals surface area contributed by atoms with Crippen molar-refractivity contribution in [1.82, 2.24) is 4.31 Å². The number of nitrogens with zero attached hydrogens (tertiary/aromatic N) is 1. The molecule has 1 saturated carbocycles. The van der Waals surface area contributed by atoms with Crippen LogP contribution in [0.1, 0.15) is 48.5 Å². The Hall–Kier alpha value is -0.563. The summed E-state index contributed by atoms with van der Waals surface area (Å²) in [4.78, 5) is 12.5. The zero-order valence-electron chi connectivity index (χ0n) is 20.0.